The first-order valence-corrected chi connectivity index (χ1v) is 6.07. The average molecular weight is 251 g/mol. The molecule has 0 saturated heterocycles. The van der Waals surface area contributed by atoms with Crippen LogP contribution in [-0.4, -0.2) is 32.8 Å². The van der Waals surface area contributed by atoms with E-state index in [2.05, 4.69) is 5.32 Å². The summed E-state index contributed by atoms with van der Waals surface area (Å²) in [6.45, 7) is 2.45. The average Bonchev–Trinajstić information content (AvgIpc) is 2.37. The number of carbonyl (C=O) groups excluding carboxylic acids is 1. The van der Waals surface area contributed by atoms with Crippen molar-refractivity contribution in [3.05, 3.63) is 29.8 Å². The van der Waals surface area contributed by atoms with E-state index in [0.29, 0.717) is 13.0 Å². The van der Waals surface area contributed by atoms with Crippen LogP contribution in [-0.2, 0) is 16.0 Å². The second-order valence-corrected chi connectivity index (χ2v) is 4.26. The number of nitrogens with one attached hydrogen (secondary N) is 1. The third-order valence-corrected chi connectivity index (χ3v) is 2.64. The van der Waals surface area contributed by atoms with Gasteiger partial charge in [0, 0.05) is 19.6 Å². The second kappa shape index (κ2) is 7.71. The van der Waals surface area contributed by atoms with Crippen LogP contribution in [0.5, 0.6) is 5.75 Å². The molecule has 0 aliphatic heterocycles. The lowest BCUT2D eigenvalue weighted by Crippen LogP contribution is -2.34. The maximum absolute atomic E-state index is 11.5. The fourth-order valence-corrected chi connectivity index (χ4v) is 1.71. The predicted octanol–water partition coefficient (Wildman–Crippen LogP) is 1.78. The van der Waals surface area contributed by atoms with Crippen LogP contribution in [0.4, 0.5) is 0 Å². The van der Waals surface area contributed by atoms with Crippen molar-refractivity contribution in [2.75, 3.05) is 20.8 Å². The third kappa shape index (κ3) is 5.19. The minimum Gasteiger partial charge on any atom is -0.497 e. The first-order chi connectivity index (χ1) is 8.65. The van der Waals surface area contributed by atoms with Crippen LogP contribution in [0.25, 0.3) is 0 Å². The van der Waals surface area contributed by atoms with Crippen LogP contribution in [0.1, 0.15) is 18.9 Å². The number of ether oxygens (including phenoxy) is 2. The molecule has 18 heavy (non-hydrogen) atoms. The van der Waals surface area contributed by atoms with Crippen molar-refractivity contribution in [3.63, 3.8) is 0 Å². The van der Waals surface area contributed by atoms with Gasteiger partial charge in [-0.05, 0) is 31.0 Å². The van der Waals surface area contributed by atoms with Crippen molar-refractivity contribution >= 4 is 5.91 Å². The van der Waals surface area contributed by atoms with Crippen molar-refractivity contribution in [3.8, 4) is 5.75 Å². The number of rotatable bonds is 7. The number of amides is 1. The molecule has 0 radical (unpaired) electrons. The number of benzene rings is 1. The van der Waals surface area contributed by atoms with Crippen LogP contribution in [0.2, 0.25) is 0 Å². The van der Waals surface area contributed by atoms with E-state index in [0.717, 1.165) is 12.2 Å². The Labute approximate surface area is 108 Å². The molecule has 0 fully saturated rings. The van der Waals surface area contributed by atoms with Gasteiger partial charge in [0.25, 0.3) is 0 Å². The summed E-state index contributed by atoms with van der Waals surface area (Å²) in [6.07, 6.45) is 1.21. The maximum atomic E-state index is 11.5. The molecule has 0 aromatic heterocycles. The van der Waals surface area contributed by atoms with Crippen LogP contribution in [0, 0.1) is 0 Å². The molecule has 1 amide bonds. The number of hydrogen-bond acceptors (Lipinski definition) is 3. The summed E-state index contributed by atoms with van der Waals surface area (Å²) < 4.78 is 9.96. The summed E-state index contributed by atoms with van der Waals surface area (Å²) in [5.41, 5.74) is 1.18. The van der Waals surface area contributed by atoms with E-state index in [9.17, 15) is 4.79 Å². The Morgan fingerprint density at radius 1 is 1.28 bits per heavy atom. The Bertz CT molecular complexity index is 362. The predicted molar refractivity (Wildman–Crippen MR) is 70.8 cm³/mol. The normalized spacial score (nSPS) is 11.9. The summed E-state index contributed by atoms with van der Waals surface area (Å²) >= 11 is 0. The van der Waals surface area contributed by atoms with Gasteiger partial charge in [-0.2, -0.15) is 0 Å². The molecule has 0 aliphatic carbocycles. The maximum Gasteiger partial charge on any atom is 0.222 e. The Balaban J connectivity index is 2.38. The van der Waals surface area contributed by atoms with Gasteiger partial charge in [-0.3, -0.25) is 4.79 Å². The van der Waals surface area contributed by atoms with Gasteiger partial charge < -0.3 is 14.8 Å². The Kier molecular flexibility index (Phi) is 6.22. The Morgan fingerprint density at radius 2 is 1.94 bits per heavy atom. The topological polar surface area (TPSA) is 47.6 Å². The SMILES string of the molecule is COCCC(=O)N[C@H](C)Cc1ccc(OC)cc1. The van der Waals surface area contributed by atoms with Crippen molar-refractivity contribution < 1.29 is 14.3 Å². The van der Waals surface area contributed by atoms with Gasteiger partial charge >= 0.3 is 0 Å². The molecule has 1 aromatic carbocycles. The van der Waals surface area contributed by atoms with Crippen LogP contribution >= 0.6 is 0 Å². The molecular weight excluding hydrogens is 230 g/mol. The zero-order valence-corrected chi connectivity index (χ0v) is 11.2. The minimum absolute atomic E-state index is 0.0258. The fraction of sp³-hybridized carbons (Fsp3) is 0.500. The quantitative estimate of drug-likeness (QED) is 0.803. The van der Waals surface area contributed by atoms with Crippen molar-refractivity contribution in [1.29, 1.82) is 0 Å². The van der Waals surface area contributed by atoms with Gasteiger partial charge in [0.15, 0.2) is 0 Å². The Hall–Kier alpha value is -1.55. The summed E-state index contributed by atoms with van der Waals surface area (Å²) in [4.78, 5) is 11.5. The standard InChI is InChI=1S/C14H21NO3/c1-11(15-14(16)8-9-17-2)10-12-4-6-13(18-3)7-5-12/h4-7,11H,8-10H2,1-3H3,(H,15,16)/t11-/m1/s1. The molecule has 0 heterocycles. The zero-order chi connectivity index (χ0) is 13.4. The number of methoxy groups -OCH3 is 2. The van der Waals surface area contributed by atoms with E-state index in [-0.39, 0.29) is 11.9 Å². The summed E-state index contributed by atoms with van der Waals surface area (Å²) in [6, 6.07) is 7.99. The van der Waals surface area contributed by atoms with E-state index in [1.165, 1.54) is 5.56 Å². The van der Waals surface area contributed by atoms with Gasteiger partial charge in [-0.25, -0.2) is 0 Å². The zero-order valence-electron chi connectivity index (χ0n) is 11.2. The van der Waals surface area contributed by atoms with E-state index in [4.69, 9.17) is 9.47 Å². The monoisotopic (exact) mass is 251 g/mol. The van der Waals surface area contributed by atoms with Crippen molar-refractivity contribution in [1.82, 2.24) is 5.32 Å². The van der Waals surface area contributed by atoms with Crippen molar-refractivity contribution in [2.45, 2.75) is 25.8 Å². The van der Waals surface area contributed by atoms with Gasteiger partial charge in [-0.1, -0.05) is 12.1 Å². The molecule has 0 aliphatic rings. The highest BCUT2D eigenvalue weighted by atomic mass is 16.5. The Morgan fingerprint density at radius 3 is 2.50 bits per heavy atom. The fourth-order valence-electron chi connectivity index (χ4n) is 1.71. The minimum atomic E-state index is 0.0258. The third-order valence-electron chi connectivity index (χ3n) is 2.64. The van der Waals surface area contributed by atoms with E-state index in [1.54, 1.807) is 14.2 Å². The largest absolute Gasteiger partial charge is 0.497 e. The highest BCUT2D eigenvalue weighted by molar-refractivity contribution is 5.76. The summed E-state index contributed by atoms with van der Waals surface area (Å²) in [7, 11) is 3.24. The number of hydrogen-bond donors (Lipinski definition) is 1. The van der Waals surface area contributed by atoms with Crippen LogP contribution < -0.4 is 10.1 Å². The molecule has 0 bridgehead atoms. The van der Waals surface area contributed by atoms with Gasteiger partial charge in [0.2, 0.25) is 5.91 Å². The molecule has 1 N–H and O–H groups in total. The van der Waals surface area contributed by atoms with Crippen molar-refractivity contribution in [2.24, 2.45) is 0 Å². The molecule has 1 atom stereocenters. The van der Waals surface area contributed by atoms with E-state index < -0.39 is 0 Å². The first kappa shape index (κ1) is 14.5. The second-order valence-electron chi connectivity index (χ2n) is 4.26. The molecule has 1 rings (SSSR count). The lowest BCUT2D eigenvalue weighted by Gasteiger charge is -2.14. The van der Waals surface area contributed by atoms with Crippen LogP contribution in [0.15, 0.2) is 24.3 Å². The smallest absolute Gasteiger partial charge is 0.222 e. The lowest BCUT2D eigenvalue weighted by atomic mass is 10.1. The summed E-state index contributed by atoms with van der Waals surface area (Å²) in [5, 5.41) is 2.94. The van der Waals surface area contributed by atoms with Gasteiger partial charge in [0.1, 0.15) is 5.75 Å². The highest BCUT2D eigenvalue weighted by Crippen LogP contribution is 2.12. The number of carbonyl (C=O) groups is 1. The van der Waals surface area contributed by atoms with Gasteiger partial charge in [0.05, 0.1) is 13.7 Å². The van der Waals surface area contributed by atoms with Gasteiger partial charge in [-0.15, -0.1) is 0 Å². The van der Waals surface area contributed by atoms with E-state index >= 15 is 0 Å². The molecule has 1 aromatic rings. The van der Waals surface area contributed by atoms with E-state index in [1.807, 2.05) is 31.2 Å². The lowest BCUT2D eigenvalue weighted by molar-refractivity contribution is -0.122. The molecule has 0 unspecified atom stereocenters. The highest BCUT2D eigenvalue weighted by Gasteiger charge is 2.07. The molecule has 100 valence electrons. The molecule has 4 heteroatoms. The molecular formula is C14H21NO3. The molecule has 4 nitrogen and oxygen atoms in total. The first-order valence-electron chi connectivity index (χ1n) is 6.07. The molecule has 0 spiro atoms. The van der Waals surface area contributed by atoms with Crippen LogP contribution in [0.3, 0.4) is 0 Å². The summed E-state index contributed by atoms with van der Waals surface area (Å²) in [5.74, 6) is 0.869. The molecule has 0 saturated carbocycles.